The minimum Gasteiger partial charge on any atom is -0.452 e. The van der Waals surface area contributed by atoms with Gasteiger partial charge in [-0.3, -0.25) is 9.10 Å². The first-order valence-electron chi connectivity index (χ1n) is 11.5. The van der Waals surface area contributed by atoms with E-state index in [0.29, 0.717) is 12.2 Å². The summed E-state index contributed by atoms with van der Waals surface area (Å²) in [5.74, 6) is -0.922. The van der Waals surface area contributed by atoms with Gasteiger partial charge in [-0.05, 0) is 60.4 Å². The van der Waals surface area contributed by atoms with Crippen LogP contribution < -0.4 is 4.31 Å². The maximum Gasteiger partial charge on any atom is 0.338 e. The molecule has 1 aliphatic heterocycles. The molecule has 2 bridgehead atoms. The molecule has 0 spiro atoms. The molecule has 2 aliphatic rings. The quantitative estimate of drug-likeness (QED) is 0.577. The molecule has 1 saturated heterocycles. The number of hydrogen-bond acceptors (Lipinski definition) is 5. The van der Waals surface area contributed by atoms with E-state index >= 15 is 0 Å². The van der Waals surface area contributed by atoms with Gasteiger partial charge >= 0.3 is 5.97 Å². The lowest BCUT2D eigenvalue weighted by atomic mass is 9.65. The monoisotopic (exact) mass is 484 g/mol. The van der Waals surface area contributed by atoms with Crippen LogP contribution in [0.1, 0.15) is 50.4 Å². The Labute approximate surface area is 201 Å². The average Bonchev–Trinajstić information content (AvgIpc) is 3.05. The van der Waals surface area contributed by atoms with Crippen LogP contribution in [0, 0.1) is 10.8 Å². The van der Waals surface area contributed by atoms with Gasteiger partial charge in [0.25, 0.3) is 15.9 Å². The summed E-state index contributed by atoms with van der Waals surface area (Å²) in [6.07, 6.45) is 2.99. The van der Waals surface area contributed by atoms with Crippen molar-refractivity contribution in [2.24, 2.45) is 10.8 Å². The number of esters is 1. The molecule has 2 aromatic carbocycles. The van der Waals surface area contributed by atoms with Gasteiger partial charge in [-0.2, -0.15) is 0 Å². The highest BCUT2D eigenvalue weighted by atomic mass is 32.2. The molecule has 0 aromatic heterocycles. The van der Waals surface area contributed by atoms with E-state index in [1.165, 1.54) is 31.3 Å². The second kappa shape index (κ2) is 8.73. The minimum atomic E-state index is -3.87. The fourth-order valence-corrected chi connectivity index (χ4v) is 7.01. The van der Waals surface area contributed by atoms with Gasteiger partial charge < -0.3 is 9.64 Å². The van der Waals surface area contributed by atoms with E-state index in [1.54, 1.807) is 30.3 Å². The number of anilines is 1. The zero-order valence-corrected chi connectivity index (χ0v) is 21.0. The summed E-state index contributed by atoms with van der Waals surface area (Å²) in [5, 5.41) is 0. The van der Waals surface area contributed by atoms with Crippen molar-refractivity contribution in [3.05, 3.63) is 60.2 Å². The average molecular weight is 485 g/mol. The van der Waals surface area contributed by atoms with Crippen molar-refractivity contribution in [1.82, 2.24) is 4.90 Å². The van der Waals surface area contributed by atoms with Crippen molar-refractivity contribution in [2.45, 2.75) is 51.0 Å². The lowest BCUT2D eigenvalue weighted by Crippen LogP contribution is -2.39. The van der Waals surface area contributed by atoms with E-state index in [2.05, 4.69) is 20.8 Å². The van der Waals surface area contributed by atoms with E-state index in [0.717, 1.165) is 23.6 Å². The van der Waals surface area contributed by atoms with E-state index in [4.69, 9.17) is 4.74 Å². The van der Waals surface area contributed by atoms with Gasteiger partial charge in [0.15, 0.2) is 6.61 Å². The van der Waals surface area contributed by atoms with Crippen molar-refractivity contribution in [2.75, 3.05) is 24.5 Å². The molecule has 182 valence electrons. The Morgan fingerprint density at radius 3 is 2.47 bits per heavy atom. The van der Waals surface area contributed by atoms with Crippen LogP contribution in [0.4, 0.5) is 5.69 Å². The molecular weight excluding hydrogens is 452 g/mol. The van der Waals surface area contributed by atoms with Crippen LogP contribution in [-0.4, -0.2) is 51.4 Å². The first-order chi connectivity index (χ1) is 15.9. The van der Waals surface area contributed by atoms with Crippen LogP contribution in [0.2, 0.25) is 0 Å². The number of sulfonamides is 1. The van der Waals surface area contributed by atoms with E-state index in [1.807, 2.05) is 4.90 Å². The Kier molecular flexibility index (Phi) is 6.23. The molecule has 2 atom stereocenters. The first-order valence-corrected chi connectivity index (χ1v) is 12.9. The van der Waals surface area contributed by atoms with E-state index in [-0.39, 0.29) is 39.8 Å². The topological polar surface area (TPSA) is 84.0 Å². The standard InChI is InChI=1S/C26H32N2O5S/c1-25(2)14-21-15-26(3,17-25)18-28(21)23(29)16-33-24(30)19-9-8-12-22(13-19)34(31,32)27(4)20-10-6-5-7-11-20/h5-13,21H,14-18H2,1-4H3/t21-,26-/m1/s1. The Hall–Kier alpha value is -2.87. The highest BCUT2D eigenvalue weighted by Crippen LogP contribution is 2.52. The lowest BCUT2D eigenvalue weighted by molar-refractivity contribution is -0.135. The molecular formula is C26H32N2O5S. The number of carbonyl (C=O) groups excluding carboxylic acids is 2. The van der Waals surface area contributed by atoms with Gasteiger partial charge in [-0.1, -0.05) is 45.0 Å². The third-order valence-corrected chi connectivity index (χ3v) is 8.69. The number of likely N-dealkylation sites (tertiary alicyclic amines) is 1. The normalized spacial score (nSPS) is 23.4. The van der Waals surface area contributed by atoms with Crippen LogP contribution in [0.3, 0.4) is 0 Å². The molecule has 7 nitrogen and oxygen atoms in total. The lowest BCUT2D eigenvalue weighted by Gasteiger charge is -2.39. The molecule has 0 N–H and O–H groups in total. The van der Waals surface area contributed by atoms with E-state index in [9.17, 15) is 18.0 Å². The molecule has 1 saturated carbocycles. The molecule has 0 unspecified atom stereocenters. The number of fused-ring (bicyclic) bond motifs is 2. The fourth-order valence-electron chi connectivity index (χ4n) is 5.76. The van der Waals surface area contributed by atoms with Gasteiger partial charge in [-0.25, -0.2) is 13.2 Å². The second-order valence-corrected chi connectivity index (χ2v) is 12.6. The number of para-hydroxylation sites is 1. The molecule has 0 radical (unpaired) electrons. The number of benzene rings is 2. The highest BCUT2D eigenvalue weighted by molar-refractivity contribution is 7.92. The van der Waals surface area contributed by atoms with E-state index < -0.39 is 16.0 Å². The molecule has 2 aromatic rings. The van der Waals surface area contributed by atoms with Gasteiger partial charge in [0.2, 0.25) is 0 Å². The maximum atomic E-state index is 13.0. The number of amides is 1. The van der Waals surface area contributed by atoms with Crippen molar-refractivity contribution in [3.63, 3.8) is 0 Å². The van der Waals surface area contributed by atoms with Crippen molar-refractivity contribution >= 4 is 27.6 Å². The van der Waals surface area contributed by atoms with Crippen LogP contribution in [0.15, 0.2) is 59.5 Å². The summed E-state index contributed by atoms with van der Waals surface area (Å²) in [7, 11) is -2.41. The Morgan fingerprint density at radius 2 is 1.76 bits per heavy atom. The SMILES string of the molecule is CN(c1ccccc1)S(=O)(=O)c1cccc(C(=O)OCC(=O)N2C[C@]3(C)C[C@H]2CC(C)(C)C3)c1. The Morgan fingerprint density at radius 1 is 1.06 bits per heavy atom. The van der Waals surface area contributed by atoms with Crippen LogP contribution in [0.5, 0.6) is 0 Å². The zero-order chi connectivity index (χ0) is 24.7. The van der Waals surface area contributed by atoms with Gasteiger partial charge in [0.05, 0.1) is 16.1 Å². The number of ether oxygens (including phenoxy) is 1. The fraction of sp³-hybridized carbons (Fsp3) is 0.462. The highest BCUT2D eigenvalue weighted by Gasteiger charge is 2.50. The number of carbonyl (C=O) groups is 2. The van der Waals surface area contributed by atoms with Gasteiger partial charge in [0, 0.05) is 19.6 Å². The summed E-state index contributed by atoms with van der Waals surface area (Å²) in [4.78, 5) is 27.4. The number of nitrogens with zero attached hydrogens (tertiary/aromatic N) is 2. The van der Waals surface area contributed by atoms with Crippen molar-refractivity contribution in [1.29, 1.82) is 0 Å². The minimum absolute atomic E-state index is 0.0249. The predicted molar refractivity (Wildman–Crippen MR) is 130 cm³/mol. The summed E-state index contributed by atoms with van der Waals surface area (Å²) >= 11 is 0. The molecule has 4 rings (SSSR count). The molecule has 34 heavy (non-hydrogen) atoms. The smallest absolute Gasteiger partial charge is 0.338 e. The summed E-state index contributed by atoms with van der Waals surface area (Å²) in [5.41, 5.74) is 0.874. The first kappa shape index (κ1) is 24.3. The zero-order valence-electron chi connectivity index (χ0n) is 20.2. The molecule has 1 aliphatic carbocycles. The third-order valence-electron chi connectivity index (χ3n) is 6.91. The van der Waals surface area contributed by atoms with Gasteiger partial charge in [-0.15, -0.1) is 0 Å². The van der Waals surface area contributed by atoms with Crippen molar-refractivity contribution < 1.29 is 22.7 Å². The summed E-state index contributed by atoms with van der Waals surface area (Å²) in [6, 6.07) is 14.6. The summed E-state index contributed by atoms with van der Waals surface area (Å²) < 4.78 is 32.6. The van der Waals surface area contributed by atoms with Crippen LogP contribution in [0.25, 0.3) is 0 Å². The largest absolute Gasteiger partial charge is 0.452 e. The predicted octanol–water partition coefficient (Wildman–Crippen LogP) is 4.10. The van der Waals surface area contributed by atoms with Crippen LogP contribution >= 0.6 is 0 Å². The number of rotatable bonds is 6. The van der Waals surface area contributed by atoms with Crippen LogP contribution in [-0.2, 0) is 19.6 Å². The Bertz CT molecular complexity index is 1190. The number of hydrogen-bond donors (Lipinski definition) is 0. The second-order valence-electron chi connectivity index (χ2n) is 10.6. The van der Waals surface area contributed by atoms with Crippen molar-refractivity contribution in [3.8, 4) is 0 Å². The molecule has 2 fully saturated rings. The Balaban J connectivity index is 1.43. The molecule has 1 amide bonds. The van der Waals surface area contributed by atoms with Gasteiger partial charge in [0.1, 0.15) is 0 Å². The maximum absolute atomic E-state index is 13.0. The molecule has 1 heterocycles. The summed E-state index contributed by atoms with van der Waals surface area (Å²) in [6.45, 7) is 7.02. The third kappa shape index (κ3) is 4.82. The molecule has 8 heteroatoms.